The van der Waals surface area contributed by atoms with Crippen molar-refractivity contribution in [2.75, 3.05) is 27.2 Å². The van der Waals surface area contributed by atoms with E-state index in [0.29, 0.717) is 36.6 Å². The molecule has 1 aliphatic rings. The maximum absolute atomic E-state index is 13.1. The molecule has 7 nitrogen and oxygen atoms in total. The van der Waals surface area contributed by atoms with Crippen LogP contribution >= 0.6 is 0 Å². The van der Waals surface area contributed by atoms with Crippen LogP contribution in [-0.4, -0.2) is 58.9 Å². The van der Waals surface area contributed by atoms with E-state index in [2.05, 4.69) is 6.07 Å². The van der Waals surface area contributed by atoms with Crippen molar-refractivity contribution in [1.82, 2.24) is 9.80 Å². The molecule has 1 fully saturated rings. The number of likely N-dealkylation sites (N-methyl/N-ethyl adjacent to an activating group) is 1. The highest BCUT2D eigenvalue weighted by atomic mass is 16.5. The number of likely N-dealkylation sites (tertiary alicyclic amines) is 1. The summed E-state index contributed by atoms with van der Waals surface area (Å²) < 4.78 is 5.86. The number of ether oxygens (including phenoxy) is 1. The zero-order chi connectivity index (χ0) is 25.8. The maximum atomic E-state index is 13.1. The minimum atomic E-state index is -0.761. The molecular formula is C29H30N2O5. The van der Waals surface area contributed by atoms with Gasteiger partial charge in [-0.15, -0.1) is 0 Å². The molecule has 0 bridgehead atoms. The summed E-state index contributed by atoms with van der Waals surface area (Å²) in [5.41, 5.74) is 3.27. The Kier molecular flexibility index (Phi) is 7.41. The number of nitrogens with zero attached hydrogens (tertiary/aromatic N) is 2. The summed E-state index contributed by atoms with van der Waals surface area (Å²) in [5.74, 6) is -0.942. The minimum Gasteiger partial charge on any atom is -0.508 e. The lowest BCUT2D eigenvalue weighted by molar-refractivity contribution is -0.140. The summed E-state index contributed by atoms with van der Waals surface area (Å²) in [5, 5.41) is 20.9. The van der Waals surface area contributed by atoms with Crippen LogP contribution in [-0.2, 0) is 16.2 Å². The number of Topliss-reactive ketones (excluding diaryl/α,β-unsaturated/α-hetero) is 1. The first kappa shape index (κ1) is 25.0. The van der Waals surface area contributed by atoms with Gasteiger partial charge in [0.05, 0.1) is 11.6 Å². The lowest BCUT2D eigenvalue weighted by atomic mass is 9.95. The van der Waals surface area contributed by atoms with Crippen LogP contribution in [0.4, 0.5) is 0 Å². The first-order valence-corrected chi connectivity index (χ1v) is 11.8. The molecule has 3 aromatic rings. The molecule has 0 aromatic heterocycles. The Labute approximate surface area is 210 Å². The Morgan fingerprint density at radius 2 is 1.69 bits per heavy atom. The van der Waals surface area contributed by atoms with Crippen LogP contribution < -0.4 is 4.74 Å². The molecule has 0 radical (unpaired) electrons. The standard InChI is InChI=1S/C29H30N2O5/c1-19-5-4-6-20(17-19)18-36-24-13-9-22(10-14-24)27(33)25-26(21-7-11-23(32)12-8-21)31(16-15-30(2)3)29(35)28(25)34/h4-14,17,26,32-33H,15-16,18H2,1-3H3/t26-/m0/s1. The number of carbonyl (C=O) groups is 2. The quantitative estimate of drug-likeness (QED) is 0.281. The van der Waals surface area contributed by atoms with E-state index in [9.17, 15) is 19.8 Å². The van der Waals surface area contributed by atoms with Gasteiger partial charge < -0.3 is 24.7 Å². The number of phenolic OH excluding ortho intramolecular Hbond substituents is 1. The van der Waals surface area contributed by atoms with Gasteiger partial charge in [0.25, 0.3) is 11.7 Å². The fraction of sp³-hybridized carbons (Fsp3) is 0.241. The average Bonchev–Trinajstić information content (AvgIpc) is 3.11. The van der Waals surface area contributed by atoms with Gasteiger partial charge in [-0.2, -0.15) is 0 Å². The Balaban J connectivity index is 1.64. The van der Waals surface area contributed by atoms with Gasteiger partial charge in [-0.05, 0) is 68.5 Å². The minimum absolute atomic E-state index is 0.0258. The van der Waals surface area contributed by atoms with Crippen LogP contribution in [0.5, 0.6) is 11.5 Å². The molecule has 2 N–H and O–H groups in total. The van der Waals surface area contributed by atoms with E-state index in [0.717, 1.165) is 11.1 Å². The second-order valence-electron chi connectivity index (χ2n) is 9.19. The van der Waals surface area contributed by atoms with Gasteiger partial charge in [0.1, 0.15) is 23.9 Å². The van der Waals surface area contributed by atoms with Crippen molar-refractivity contribution in [3.63, 3.8) is 0 Å². The summed E-state index contributed by atoms with van der Waals surface area (Å²) in [4.78, 5) is 29.4. The molecule has 1 aliphatic heterocycles. The summed E-state index contributed by atoms with van der Waals surface area (Å²) >= 11 is 0. The number of aliphatic hydroxyl groups excluding tert-OH is 1. The maximum Gasteiger partial charge on any atom is 0.295 e. The fourth-order valence-electron chi connectivity index (χ4n) is 4.25. The SMILES string of the molecule is Cc1cccc(COc2ccc(C(O)=C3C(=O)C(=O)N(CCN(C)C)[C@H]3c3ccc(O)cc3)cc2)c1. The highest BCUT2D eigenvalue weighted by molar-refractivity contribution is 6.46. The van der Waals surface area contributed by atoms with Crippen LogP contribution in [0.25, 0.3) is 5.76 Å². The molecule has 4 rings (SSSR count). The topological polar surface area (TPSA) is 90.3 Å². The van der Waals surface area contributed by atoms with Crippen molar-refractivity contribution in [2.24, 2.45) is 0 Å². The van der Waals surface area contributed by atoms with E-state index in [1.54, 1.807) is 36.4 Å². The fourth-order valence-corrected chi connectivity index (χ4v) is 4.25. The highest BCUT2D eigenvalue weighted by Gasteiger charge is 2.45. The molecule has 0 spiro atoms. The van der Waals surface area contributed by atoms with Crippen molar-refractivity contribution in [3.8, 4) is 11.5 Å². The predicted molar refractivity (Wildman–Crippen MR) is 138 cm³/mol. The number of hydrogen-bond donors (Lipinski definition) is 2. The van der Waals surface area contributed by atoms with Gasteiger partial charge in [-0.3, -0.25) is 9.59 Å². The zero-order valence-corrected chi connectivity index (χ0v) is 20.6. The normalized spacial score (nSPS) is 17.1. The first-order chi connectivity index (χ1) is 17.2. The van der Waals surface area contributed by atoms with E-state index in [1.165, 1.54) is 17.0 Å². The van der Waals surface area contributed by atoms with E-state index in [1.807, 2.05) is 44.1 Å². The molecule has 0 unspecified atom stereocenters. The Morgan fingerprint density at radius 3 is 2.33 bits per heavy atom. The summed E-state index contributed by atoms with van der Waals surface area (Å²) in [6, 6.07) is 20.4. The number of aromatic hydroxyl groups is 1. The van der Waals surface area contributed by atoms with Crippen molar-refractivity contribution >= 4 is 17.4 Å². The smallest absolute Gasteiger partial charge is 0.295 e. The van der Waals surface area contributed by atoms with Gasteiger partial charge >= 0.3 is 0 Å². The van der Waals surface area contributed by atoms with Gasteiger partial charge in [0.15, 0.2) is 0 Å². The molecule has 1 amide bonds. The lowest BCUT2D eigenvalue weighted by Crippen LogP contribution is -2.35. The van der Waals surface area contributed by atoms with Crippen LogP contribution in [0.1, 0.15) is 28.3 Å². The monoisotopic (exact) mass is 486 g/mol. The second kappa shape index (κ2) is 10.7. The van der Waals surface area contributed by atoms with Crippen LogP contribution in [0.3, 0.4) is 0 Å². The van der Waals surface area contributed by atoms with E-state index >= 15 is 0 Å². The van der Waals surface area contributed by atoms with Gasteiger partial charge in [0, 0.05) is 18.7 Å². The third kappa shape index (κ3) is 5.42. The number of phenols is 1. The number of rotatable bonds is 8. The summed E-state index contributed by atoms with van der Waals surface area (Å²) in [6.45, 7) is 3.29. The lowest BCUT2D eigenvalue weighted by Gasteiger charge is -2.26. The van der Waals surface area contributed by atoms with Crippen LogP contribution in [0.15, 0.2) is 78.4 Å². The molecular weight excluding hydrogens is 456 g/mol. The van der Waals surface area contributed by atoms with Gasteiger partial charge in [0.2, 0.25) is 0 Å². The van der Waals surface area contributed by atoms with Crippen molar-refractivity contribution in [3.05, 3.63) is 101 Å². The van der Waals surface area contributed by atoms with Crippen LogP contribution in [0, 0.1) is 6.92 Å². The molecule has 36 heavy (non-hydrogen) atoms. The second-order valence-corrected chi connectivity index (χ2v) is 9.19. The molecule has 7 heteroatoms. The van der Waals surface area contributed by atoms with Crippen molar-refractivity contribution < 1.29 is 24.5 Å². The summed E-state index contributed by atoms with van der Waals surface area (Å²) in [6.07, 6.45) is 0. The van der Waals surface area contributed by atoms with Crippen molar-refractivity contribution in [2.45, 2.75) is 19.6 Å². The third-order valence-electron chi connectivity index (χ3n) is 6.15. The molecule has 1 saturated heterocycles. The molecule has 3 aromatic carbocycles. The molecule has 1 atom stereocenters. The Bertz CT molecular complexity index is 1280. The number of aryl methyl sites for hydroxylation is 1. The third-order valence-corrected chi connectivity index (χ3v) is 6.15. The largest absolute Gasteiger partial charge is 0.508 e. The van der Waals surface area contributed by atoms with E-state index in [4.69, 9.17) is 4.74 Å². The number of benzene rings is 3. The number of aliphatic hydroxyl groups is 1. The van der Waals surface area contributed by atoms with Gasteiger partial charge in [-0.25, -0.2) is 0 Å². The average molecular weight is 487 g/mol. The number of carbonyl (C=O) groups excluding carboxylic acids is 2. The zero-order valence-electron chi connectivity index (χ0n) is 20.6. The molecule has 0 saturated carbocycles. The number of amides is 1. The van der Waals surface area contributed by atoms with E-state index < -0.39 is 17.7 Å². The molecule has 0 aliphatic carbocycles. The predicted octanol–water partition coefficient (Wildman–Crippen LogP) is 4.26. The van der Waals surface area contributed by atoms with Crippen molar-refractivity contribution in [1.29, 1.82) is 0 Å². The summed E-state index contributed by atoms with van der Waals surface area (Å²) in [7, 11) is 3.77. The number of ketones is 1. The van der Waals surface area contributed by atoms with Gasteiger partial charge in [-0.1, -0.05) is 42.0 Å². The Morgan fingerprint density at radius 1 is 1.00 bits per heavy atom. The first-order valence-electron chi connectivity index (χ1n) is 11.8. The highest BCUT2D eigenvalue weighted by Crippen LogP contribution is 2.39. The number of hydrogen-bond acceptors (Lipinski definition) is 6. The molecule has 186 valence electrons. The molecule has 1 heterocycles. The van der Waals surface area contributed by atoms with Crippen LogP contribution in [0.2, 0.25) is 0 Å². The Hall–Kier alpha value is -4.10. The van der Waals surface area contributed by atoms with E-state index in [-0.39, 0.29) is 17.1 Å².